The number of aromatic nitrogens is 3. The summed E-state index contributed by atoms with van der Waals surface area (Å²) in [5.41, 5.74) is 9.35. The van der Waals surface area contributed by atoms with E-state index in [2.05, 4.69) is 26.6 Å². The molecular formula is C27H24ClN7O4S3. The predicted octanol–water partition coefficient (Wildman–Crippen LogP) is 4.79. The van der Waals surface area contributed by atoms with Gasteiger partial charge in [0.1, 0.15) is 5.82 Å². The Bertz CT molecular complexity index is 1640. The Balaban J connectivity index is 1.32. The third-order valence-corrected chi connectivity index (χ3v) is 9.56. The van der Waals surface area contributed by atoms with Gasteiger partial charge in [0.15, 0.2) is 15.3 Å². The lowest BCUT2D eigenvalue weighted by Gasteiger charge is -2.38. The lowest BCUT2D eigenvalue weighted by molar-refractivity contribution is -0.142. The van der Waals surface area contributed by atoms with Crippen molar-refractivity contribution in [1.29, 1.82) is 5.26 Å². The van der Waals surface area contributed by atoms with Gasteiger partial charge in [-0.2, -0.15) is 5.26 Å². The van der Waals surface area contributed by atoms with E-state index in [1.165, 1.54) is 34.4 Å². The van der Waals surface area contributed by atoms with Crippen LogP contribution in [0.25, 0.3) is 0 Å². The van der Waals surface area contributed by atoms with Gasteiger partial charge in [-0.15, -0.1) is 21.5 Å². The van der Waals surface area contributed by atoms with Gasteiger partial charge >= 0.3 is 5.97 Å². The molecule has 1 atom stereocenters. The summed E-state index contributed by atoms with van der Waals surface area (Å²) >= 11 is 9.70. The fourth-order valence-corrected chi connectivity index (χ4v) is 7.27. The van der Waals surface area contributed by atoms with Gasteiger partial charge in [0.2, 0.25) is 11.0 Å². The number of nitrogens with two attached hydrogens (primary N) is 1. The SMILES string of the molecule is CCOC(=O)Cc1csc(NC(=O)CSc2nnc(N3C(N)=C(C#N)C(c4ccc(Cl)cc4)C4=C3CCCC4=O)s2)n1. The minimum absolute atomic E-state index is 0.0360. The number of hydrogen-bond donors (Lipinski definition) is 2. The molecular weight excluding hydrogens is 618 g/mol. The van der Waals surface area contributed by atoms with Gasteiger partial charge in [0.05, 0.1) is 42.0 Å². The number of anilines is 2. The number of thiazole rings is 1. The number of thioether (sulfide) groups is 1. The molecule has 42 heavy (non-hydrogen) atoms. The molecule has 1 unspecified atom stereocenters. The molecule has 0 spiro atoms. The second-order valence-electron chi connectivity index (χ2n) is 9.18. The first-order chi connectivity index (χ1) is 20.3. The number of ketones is 1. The normalized spacial score (nSPS) is 16.7. The zero-order valence-corrected chi connectivity index (χ0v) is 25.5. The molecule has 11 nitrogen and oxygen atoms in total. The summed E-state index contributed by atoms with van der Waals surface area (Å²) in [7, 11) is 0. The zero-order chi connectivity index (χ0) is 29.8. The van der Waals surface area contributed by atoms with E-state index in [9.17, 15) is 19.6 Å². The van der Waals surface area contributed by atoms with E-state index >= 15 is 0 Å². The van der Waals surface area contributed by atoms with Crippen molar-refractivity contribution in [3.8, 4) is 6.07 Å². The molecule has 0 fully saturated rings. The maximum absolute atomic E-state index is 13.2. The summed E-state index contributed by atoms with van der Waals surface area (Å²) in [5.74, 6) is -1.08. The number of carbonyl (C=O) groups excluding carboxylic acids is 3. The number of nitrogens with zero attached hydrogens (tertiary/aromatic N) is 5. The Morgan fingerprint density at radius 1 is 1.29 bits per heavy atom. The summed E-state index contributed by atoms with van der Waals surface area (Å²) in [5, 5.41) is 24.4. The molecule has 1 aliphatic carbocycles. The summed E-state index contributed by atoms with van der Waals surface area (Å²) in [6.45, 7) is 2.02. The Kier molecular flexibility index (Phi) is 9.22. The Labute approximate surface area is 258 Å². The largest absolute Gasteiger partial charge is 0.466 e. The fraction of sp³-hybridized carbons (Fsp3) is 0.296. The Hall–Kier alpha value is -3.77. The van der Waals surface area contributed by atoms with E-state index in [0.717, 1.165) is 5.56 Å². The van der Waals surface area contributed by atoms with Gasteiger partial charge in [-0.25, -0.2) is 4.98 Å². The highest BCUT2D eigenvalue weighted by Gasteiger charge is 2.41. The summed E-state index contributed by atoms with van der Waals surface area (Å²) in [6.07, 6.45) is 1.65. The van der Waals surface area contributed by atoms with Crippen LogP contribution in [0.15, 0.2) is 56.6 Å². The zero-order valence-electron chi connectivity index (χ0n) is 22.3. The number of rotatable bonds is 9. The molecule has 1 aliphatic heterocycles. The third-order valence-electron chi connectivity index (χ3n) is 6.46. The van der Waals surface area contributed by atoms with Gasteiger partial charge in [-0.1, -0.05) is 46.8 Å². The number of hydrogen-bond acceptors (Lipinski definition) is 13. The van der Waals surface area contributed by atoms with Gasteiger partial charge in [-0.3, -0.25) is 19.3 Å². The first-order valence-corrected chi connectivity index (χ1v) is 15.9. The maximum Gasteiger partial charge on any atom is 0.311 e. The van der Waals surface area contributed by atoms with Gasteiger partial charge in [-0.05, 0) is 37.5 Å². The number of halogens is 1. The quantitative estimate of drug-likeness (QED) is 0.244. The van der Waals surface area contributed by atoms with Crippen molar-refractivity contribution in [1.82, 2.24) is 15.2 Å². The van der Waals surface area contributed by atoms with Crippen LogP contribution >= 0.6 is 46.0 Å². The molecule has 5 rings (SSSR count). The number of amides is 1. The highest BCUT2D eigenvalue weighted by atomic mass is 35.5. The van der Waals surface area contributed by atoms with Crippen molar-refractivity contribution in [2.75, 3.05) is 22.6 Å². The number of esters is 1. The number of nitriles is 1. The van der Waals surface area contributed by atoms with Crippen LogP contribution in [-0.4, -0.2) is 45.2 Å². The molecule has 0 saturated carbocycles. The summed E-state index contributed by atoms with van der Waals surface area (Å²) in [4.78, 5) is 43.4. The first-order valence-electron chi connectivity index (χ1n) is 12.9. The van der Waals surface area contributed by atoms with Crippen LogP contribution in [0.1, 0.15) is 43.4 Å². The van der Waals surface area contributed by atoms with Gasteiger partial charge in [0.25, 0.3) is 0 Å². The molecule has 2 aliphatic rings. The predicted molar refractivity (Wildman–Crippen MR) is 161 cm³/mol. The molecule has 0 bridgehead atoms. The van der Waals surface area contributed by atoms with E-state index in [4.69, 9.17) is 22.1 Å². The highest BCUT2D eigenvalue weighted by molar-refractivity contribution is 8.01. The molecule has 15 heteroatoms. The molecule has 3 aromatic rings. The van der Waals surface area contributed by atoms with E-state index in [-0.39, 0.29) is 47.8 Å². The van der Waals surface area contributed by atoms with Crippen molar-refractivity contribution in [2.24, 2.45) is 5.73 Å². The van der Waals surface area contributed by atoms with Crippen molar-refractivity contribution in [2.45, 2.75) is 42.9 Å². The van der Waals surface area contributed by atoms with Gasteiger partial charge in [0, 0.05) is 28.1 Å². The average molecular weight is 642 g/mol. The number of Topliss-reactive ketones (excluding diaryl/α,β-unsaturated/α-hetero) is 1. The fourth-order valence-electron chi connectivity index (χ4n) is 4.73. The molecule has 216 valence electrons. The molecule has 0 radical (unpaired) electrons. The summed E-state index contributed by atoms with van der Waals surface area (Å²) < 4.78 is 5.43. The van der Waals surface area contributed by atoms with Crippen LogP contribution in [-0.2, 0) is 25.5 Å². The van der Waals surface area contributed by atoms with E-state index in [1.54, 1.807) is 41.5 Å². The van der Waals surface area contributed by atoms with Crippen LogP contribution in [0.3, 0.4) is 0 Å². The van der Waals surface area contributed by atoms with Gasteiger partial charge < -0.3 is 15.8 Å². The van der Waals surface area contributed by atoms with Crippen molar-refractivity contribution < 1.29 is 19.1 Å². The van der Waals surface area contributed by atoms with Crippen molar-refractivity contribution in [3.63, 3.8) is 0 Å². The van der Waals surface area contributed by atoms with Crippen LogP contribution in [0, 0.1) is 11.3 Å². The van der Waals surface area contributed by atoms with E-state index in [0.29, 0.717) is 55.9 Å². The number of benzene rings is 1. The summed E-state index contributed by atoms with van der Waals surface area (Å²) in [6, 6.07) is 9.28. The topological polar surface area (TPSA) is 164 Å². The first kappa shape index (κ1) is 29.7. The van der Waals surface area contributed by atoms with Crippen molar-refractivity contribution >= 4 is 74.0 Å². The van der Waals surface area contributed by atoms with Crippen LogP contribution < -0.4 is 16.0 Å². The Morgan fingerprint density at radius 3 is 2.81 bits per heavy atom. The standard InChI is InChI=1S/C27H24ClN7O4S3/c1-2-39-21(38)10-16-12-40-25(31-16)32-20(37)13-41-27-34-33-26(42-27)35-18-4-3-5-19(36)23(18)22(17(11-29)24(35)30)14-6-8-15(28)9-7-14/h6-9,12,22H,2-5,10,13,30H2,1H3,(H,31,32,37). The second kappa shape index (κ2) is 13.0. The molecule has 2 aromatic heterocycles. The van der Waals surface area contributed by atoms with Crippen LogP contribution in [0.4, 0.5) is 10.3 Å². The second-order valence-corrected chi connectivity index (χ2v) is 12.7. The smallest absolute Gasteiger partial charge is 0.311 e. The van der Waals surface area contributed by atoms with Crippen molar-refractivity contribution in [3.05, 3.63) is 68.6 Å². The maximum atomic E-state index is 13.2. The number of allylic oxidation sites excluding steroid dienone is 3. The lowest BCUT2D eigenvalue weighted by Crippen LogP contribution is -2.38. The number of carbonyl (C=O) groups is 3. The lowest BCUT2D eigenvalue weighted by atomic mass is 9.76. The average Bonchev–Trinajstić information content (AvgIpc) is 3.61. The molecule has 3 N–H and O–H groups in total. The minimum atomic E-state index is -0.597. The Morgan fingerprint density at radius 2 is 2.07 bits per heavy atom. The molecule has 3 heterocycles. The van der Waals surface area contributed by atoms with Crippen LogP contribution in [0.5, 0.6) is 0 Å². The number of ether oxygens (including phenoxy) is 1. The number of nitrogens with one attached hydrogen (secondary N) is 1. The third kappa shape index (κ3) is 6.34. The van der Waals surface area contributed by atoms with E-state index in [1.807, 2.05) is 0 Å². The molecule has 1 amide bonds. The van der Waals surface area contributed by atoms with Crippen LogP contribution in [0.2, 0.25) is 5.02 Å². The minimum Gasteiger partial charge on any atom is -0.466 e. The molecule has 0 saturated heterocycles. The highest BCUT2D eigenvalue weighted by Crippen LogP contribution is 2.47. The van der Waals surface area contributed by atoms with E-state index < -0.39 is 5.92 Å². The monoisotopic (exact) mass is 641 g/mol. The molecule has 1 aromatic carbocycles.